The number of benzene rings is 8. The fourth-order valence-electron chi connectivity index (χ4n) is 7.10. The molecule has 2 heteroatoms. The van der Waals surface area contributed by atoms with Crippen molar-refractivity contribution < 1.29 is 17.8 Å². The van der Waals surface area contributed by atoms with E-state index >= 15 is 0 Å². The van der Waals surface area contributed by atoms with E-state index in [0.717, 1.165) is 49.4 Å². The van der Waals surface area contributed by atoms with Crippen LogP contribution in [0.4, 0.5) is 0 Å². The van der Waals surface area contributed by atoms with E-state index in [1.165, 1.54) is 0 Å². The summed E-state index contributed by atoms with van der Waals surface area (Å²) in [5, 5.41) is 3.36. The molecule has 2 aromatic heterocycles. The van der Waals surface area contributed by atoms with Gasteiger partial charge in [-0.15, -0.1) is 0 Å². The molecule has 10 rings (SSSR count). The molecule has 0 N–H and O–H groups in total. The Labute approximate surface area is 309 Å². The normalized spacial score (nSPS) is 15.2. The highest BCUT2D eigenvalue weighted by Gasteiger charge is 2.22. The number of rotatable bonds is 5. The Bertz CT molecular complexity index is 3460. The summed E-state index contributed by atoms with van der Waals surface area (Å²) < 4.78 is 120. The van der Waals surface area contributed by atoms with Gasteiger partial charge in [0.1, 0.15) is 0 Å². The molecule has 234 valence electrons. The zero-order valence-electron chi connectivity index (χ0n) is 39.4. The zero-order chi connectivity index (χ0) is 44.3. The van der Waals surface area contributed by atoms with Crippen LogP contribution in [-0.2, 0) is 0 Å². The first-order valence-electron chi connectivity index (χ1n) is 22.6. The molecule has 0 spiro atoms. The smallest absolute Gasteiger partial charge is 0.0651 e. The highest BCUT2D eigenvalue weighted by molar-refractivity contribution is 6.26. The average Bonchev–Trinajstić information content (AvgIpc) is 3.81. The number of hydrogen-bond acceptors (Lipinski definition) is 0. The third-order valence-electron chi connectivity index (χ3n) is 9.16. The van der Waals surface area contributed by atoms with Crippen molar-refractivity contribution in [2.75, 3.05) is 0 Å². The fraction of sp³-hybridized carbons (Fsp3) is 0. The lowest BCUT2D eigenvalue weighted by molar-refractivity contribution is 1.17. The Kier molecular flexibility index (Phi) is 4.19. The van der Waals surface area contributed by atoms with Crippen LogP contribution < -0.4 is 0 Å². The predicted octanol–water partition coefficient (Wildman–Crippen LogP) is 12.9. The van der Waals surface area contributed by atoms with Crippen LogP contribution in [0.5, 0.6) is 0 Å². The van der Waals surface area contributed by atoms with Gasteiger partial charge in [0, 0.05) is 32.8 Å². The van der Waals surface area contributed by atoms with E-state index in [1.807, 2.05) is 72.8 Å². The summed E-state index contributed by atoms with van der Waals surface area (Å²) in [5.74, 6) is 0. The van der Waals surface area contributed by atoms with Crippen LogP contribution in [0.1, 0.15) is 17.8 Å². The molecule has 0 amide bonds. The minimum atomic E-state index is -0.714. The minimum absolute atomic E-state index is 0.187. The van der Waals surface area contributed by atoms with Gasteiger partial charge in [0.2, 0.25) is 0 Å². The van der Waals surface area contributed by atoms with Gasteiger partial charge < -0.3 is 9.13 Å². The van der Waals surface area contributed by atoms with Gasteiger partial charge in [0.05, 0.1) is 45.6 Å². The molecule has 0 unspecified atom stereocenters. The molecule has 0 radical (unpaired) electrons. The quantitative estimate of drug-likeness (QED) is 0.176. The first kappa shape index (κ1) is 18.2. The van der Waals surface area contributed by atoms with Crippen LogP contribution >= 0.6 is 0 Å². The third-order valence-corrected chi connectivity index (χ3v) is 9.16. The van der Waals surface area contributed by atoms with Crippen LogP contribution in [0.15, 0.2) is 194 Å². The zero-order valence-corrected chi connectivity index (χ0v) is 26.4. The van der Waals surface area contributed by atoms with E-state index in [4.69, 9.17) is 13.7 Å². The Morgan fingerprint density at radius 2 is 0.960 bits per heavy atom. The Morgan fingerprint density at radius 3 is 1.66 bits per heavy atom. The van der Waals surface area contributed by atoms with Crippen molar-refractivity contribution in [2.45, 2.75) is 0 Å². The maximum absolute atomic E-state index is 9.92. The van der Waals surface area contributed by atoms with E-state index in [1.54, 1.807) is 10.6 Å². The van der Waals surface area contributed by atoms with Crippen molar-refractivity contribution in [1.29, 1.82) is 0 Å². The van der Waals surface area contributed by atoms with Crippen LogP contribution in [0.25, 0.3) is 88.4 Å². The summed E-state index contributed by atoms with van der Waals surface area (Å²) in [6.45, 7) is 0. The van der Waals surface area contributed by atoms with Gasteiger partial charge in [-0.1, -0.05) is 151 Å². The lowest BCUT2D eigenvalue weighted by atomic mass is 9.98. The monoisotopic (exact) mass is 649 g/mol. The third kappa shape index (κ3) is 4.43. The SMILES string of the molecule is [2H]c1c([2H])c([2H])c(-c2c([2H])c(-c3c([2H])c([2H])c([2H])c([2H])c3[2H])c([2H])c(-n3c4ccccc4c4c3ccc3c5ccccc5n(-c5ccccc5-c5ccccc5)c34)c2[2H])c([2H])c1[2H]. The molecule has 0 atom stereocenters. The second-order valence-electron chi connectivity index (χ2n) is 11.9. The summed E-state index contributed by atoms with van der Waals surface area (Å²) in [6.07, 6.45) is 0. The van der Waals surface area contributed by atoms with E-state index in [0.29, 0.717) is 11.0 Å². The van der Waals surface area contributed by atoms with Gasteiger partial charge in [-0.25, -0.2) is 0 Å². The molecule has 0 saturated carbocycles. The Hall–Kier alpha value is -6.64. The van der Waals surface area contributed by atoms with Crippen molar-refractivity contribution in [3.63, 3.8) is 0 Å². The summed E-state index contributed by atoms with van der Waals surface area (Å²) in [7, 11) is 0. The summed E-state index contributed by atoms with van der Waals surface area (Å²) in [4.78, 5) is 0. The van der Waals surface area contributed by atoms with Crippen molar-refractivity contribution in [2.24, 2.45) is 0 Å². The number of fused-ring (bicyclic) bond motifs is 7. The number of aromatic nitrogens is 2. The Balaban J connectivity index is 1.43. The number of hydrogen-bond donors (Lipinski definition) is 0. The lowest BCUT2D eigenvalue weighted by Gasteiger charge is -2.15. The molecule has 2 heterocycles. The highest BCUT2D eigenvalue weighted by atomic mass is 15.0. The fourth-order valence-corrected chi connectivity index (χ4v) is 7.10. The Morgan fingerprint density at radius 1 is 0.380 bits per heavy atom. The molecule has 50 heavy (non-hydrogen) atoms. The van der Waals surface area contributed by atoms with Crippen LogP contribution in [0, 0.1) is 0 Å². The second kappa shape index (κ2) is 11.5. The molecule has 0 saturated heterocycles. The summed E-state index contributed by atoms with van der Waals surface area (Å²) in [5.41, 5.74) is 3.55. The number of para-hydroxylation sites is 3. The van der Waals surface area contributed by atoms with Gasteiger partial charge >= 0.3 is 0 Å². The van der Waals surface area contributed by atoms with Gasteiger partial charge in [0.25, 0.3) is 0 Å². The molecule has 0 aliphatic heterocycles. The minimum Gasteiger partial charge on any atom is -0.309 e. The molecular weight excluding hydrogens is 605 g/mol. The van der Waals surface area contributed by atoms with E-state index in [9.17, 15) is 4.11 Å². The topological polar surface area (TPSA) is 9.86 Å². The standard InChI is InChI=1S/C48H32N2/c1-4-16-33(17-5-1)36-30-37(34-18-6-2-7-19-34)32-38(31-36)49-45-27-15-12-24-42(45)47-46(49)29-28-41-40-23-11-14-26-44(40)50(48(41)47)43-25-13-10-22-39(43)35-20-8-3-9-21-35/h1-32H/i1D,2D,4D,5D,6D,7D,16D,17D,18D,19D,30D,31D,32D. The molecule has 0 aliphatic rings. The predicted molar refractivity (Wildman–Crippen MR) is 211 cm³/mol. The molecule has 0 bridgehead atoms. The van der Waals surface area contributed by atoms with Gasteiger partial charge in [-0.2, -0.15) is 0 Å². The van der Waals surface area contributed by atoms with Gasteiger partial charge in [-0.3, -0.25) is 0 Å². The lowest BCUT2D eigenvalue weighted by Crippen LogP contribution is -1.98. The molecule has 10 aromatic rings. The highest BCUT2D eigenvalue weighted by Crippen LogP contribution is 2.44. The molecule has 8 aromatic carbocycles. The molecular formula is C48H32N2. The maximum atomic E-state index is 9.92. The van der Waals surface area contributed by atoms with E-state index in [2.05, 4.69) is 41.0 Å². The first-order chi connectivity index (χ1) is 30.3. The van der Waals surface area contributed by atoms with E-state index < -0.39 is 101 Å². The molecule has 0 aliphatic carbocycles. The molecule has 0 fully saturated rings. The number of nitrogens with zero attached hydrogens (tertiary/aromatic N) is 2. The van der Waals surface area contributed by atoms with Crippen LogP contribution in [0.2, 0.25) is 0 Å². The van der Waals surface area contributed by atoms with Gasteiger partial charge in [0.15, 0.2) is 0 Å². The first-order valence-corrected chi connectivity index (χ1v) is 16.1. The van der Waals surface area contributed by atoms with Crippen molar-refractivity contribution in [3.05, 3.63) is 194 Å². The maximum Gasteiger partial charge on any atom is 0.0651 e. The largest absolute Gasteiger partial charge is 0.309 e. The molecule has 2 nitrogen and oxygen atoms in total. The van der Waals surface area contributed by atoms with Crippen LogP contribution in [0.3, 0.4) is 0 Å². The van der Waals surface area contributed by atoms with Crippen LogP contribution in [-0.4, -0.2) is 9.13 Å². The summed E-state index contributed by atoms with van der Waals surface area (Å²) >= 11 is 0. The summed E-state index contributed by atoms with van der Waals surface area (Å²) in [6, 6.07) is 28.6. The van der Waals surface area contributed by atoms with Gasteiger partial charge in [-0.05, 0) is 70.2 Å². The van der Waals surface area contributed by atoms with Crippen molar-refractivity contribution in [3.8, 4) is 44.8 Å². The second-order valence-corrected chi connectivity index (χ2v) is 11.9. The van der Waals surface area contributed by atoms with Crippen molar-refractivity contribution >= 4 is 43.6 Å². The average molecular weight is 650 g/mol. The van der Waals surface area contributed by atoms with Crippen molar-refractivity contribution in [1.82, 2.24) is 9.13 Å². The van der Waals surface area contributed by atoms with E-state index in [-0.39, 0.29) is 5.69 Å².